The third-order valence-electron chi connectivity index (χ3n) is 2.16. The molecule has 2 N–H and O–H groups in total. The Kier molecular flexibility index (Phi) is 3.10. The number of rotatable bonds is 3. The van der Waals surface area contributed by atoms with Gasteiger partial charge in [-0.25, -0.2) is 0 Å². The molecule has 84 valence electrons. The topological polar surface area (TPSA) is 64.9 Å². The van der Waals surface area contributed by atoms with Crippen molar-refractivity contribution in [3.63, 3.8) is 0 Å². The monoisotopic (exact) mass is 237 g/mol. The van der Waals surface area contributed by atoms with Crippen LogP contribution in [0, 0.1) is 0 Å². The van der Waals surface area contributed by atoms with Crippen LogP contribution in [-0.2, 0) is 6.42 Å². The molecule has 0 spiro atoms. The summed E-state index contributed by atoms with van der Waals surface area (Å²) in [4.78, 5) is 4.25. The second-order valence-corrected chi connectivity index (χ2v) is 3.91. The highest BCUT2D eigenvalue weighted by Crippen LogP contribution is 2.28. The van der Waals surface area contributed by atoms with Gasteiger partial charge in [-0.15, -0.1) is 0 Å². The molecule has 0 aliphatic heterocycles. The van der Waals surface area contributed by atoms with Gasteiger partial charge in [0.05, 0.1) is 10.6 Å². The molecule has 1 aromatic carbocycles. The van der Waals surface area contributed by atoms with Crippen LogP contribution in [-0.4, -0.2) is 10.1 Å². The molecular weight excluding hydrogens is 226 g/mol. The molecule has 0 radical (unpaired) electrons. The van der Waals surface area contributed by atoms with Crippen molar-refractivity contribution in [3.05, 3.63) is 29.0 Å². The van der Waals surface area contributed by atoms with Gasteiger partial charge < -0.3 is 10.3 Å². The van der Waals surface area contributed by atoms with Crippen LogP contribution in [0.3, 0.4) is 0 Å². The fraction of sp³-hybridized carbons (Fsp3) is 0.273. The summed E-state index contributed by atoms with van der Waals surface area (Å²) >= 11 is 6.03. The van der Waals surface area contributed by atoms with Crippen LogP contribution < -0.4 is 5.73 Å². The zero-order valence-corrected chi connectivity index (χ0v) is 9.66. The Labute approximate surface area is 98.4 Å². The maximum atomic E-state index is 6.03. The van der Waals surface area contributed by atoms with Crippen LogP contribution in [0.2, 0.25) is 5.02 Å². The van der Waals surface area contributed by atoms with Crippen molar-refractivity contribution in [2.45, 2.75) is 19.8 Å². The molecule has 5 heteroatoms. The maximum Gasteiger partial charge on any atom is 0.259 e. The van der Waals surface area contributed by atoms with Crippen molar-refractivity contribution in [1.29, 1.82) is 0 Å². The van der Waals surface area contributed by atoms with Gasteiger partial charge in [0.15, 0.2) is 5.82 Å². The highest BCUT2D eigenvalue weighted by molar-refractivity contribution is 6.33. The lowest BCUT2D eigenvalue weighted by molar-refractivity contribution is 0.422. The van der Waals surface area contributed by atoms with Crippen LogP contribution in [0.15, 0.2) is 22.7 Å². The van der Waals surface area contributed by atoms with Gasteiger partial charge in [-0.3, -0.25) is 0 Å². The minimum atomic E-state index is 0.417. The standard InChI is InChI=1S/C11H12ClN3O/c1-2-3-10-14-11(16-15-10)8-6-7(13)4-5-9(8)12/h4-6H,2-3,13H2,1H3. The number of aryl methyl sites for hydroxylation is 1. The third-order valence-corrected chi connectivity index (χ3v) is 2.49. The smallest absolute Gasteiger partial charge is 0.259 e. The summed E-state index contributed by atoms with van der Waals surface area (Å²) in [5.41, 5.74) is 6.98. The van der Waals surface area contributed by atoms with E-state index in [2.05, 4.69) is 17.1 Å². The van der Waals surface area contributed by atoms with E-state index < -0.39 is 0 Å². The van der Waals surface area contributed by atoms with E-state index in [-0.39, 0.29) is 0 Å². The lowest BCUT2D eigenvalue weighted by Crippen LogP contribution is -1.88. The molecule has 0 amide bonds. The van der Waals surface area contributed by atoms with Crippen LogP contribution in [0.4, 0.5) is 5.69 Å². The molecule has 0 unspecified atom stereocenters. The van der Waals surface area contributed by atoms with Gasteiger partial charge in [-0.2, -0.15) is 4.98 Å². The highest BCUT2D eigenvalue weighted by atomic mass is 35.5. The number of hydrogen-bond donors (Lipinski definition) is 1. The normalized spacial score (nSPS) is 10.6. The average molecular weight is 238 g/mol. The Morgan fingerprint density at radius 3 is 3.00 bits per heavy atom. The first-order chi connectivity index (χ1) is 7.70. The first-order valence-corrected chi connectivity index (χ1v) is 5.46. The van der Waals surface area contributed by atoms with E-state index in [0.29, 0.717) is 28.0 Å². The van der Waals surface area contributed by atoms with Crippen molar-refractivity contribution in [3.8, 4) is 11.5 Å². The molecule has 0 atom stereocenters. The third kappa shape index (κ3) is 2.17. The molecule has 0 saturated carbocycles. The number of nitrogens with zero attached hydrogens (tertiary/aromatic N) is 2. The van der Waals surface area contributed by atoms with Crippen LogP contribution in [0.25, 0.3) is 11.5 Å². The SMILES string of the molecule is CCCc1noc(-c2cc(N)ccc2Cl)n1. The van der Waals surface area contributed by atoms with E-state index in [1.54, 1.807) is 18.2 Å². The van der Waals surface area contributed by atoms with Gasteiger partial charge in [0.2, 0.25) is 0 Å². The van der Waals surface area contributed by atoms with Gasteiger partial charge in [-0.1, -0.05) is 23.7 Å². The van der Waals surface area contributed by atoms with E-state index in [0.717, 1.165) is 12.8 Å². The Balaban J connectivity index is 2.38. The molecular formula is C11H12ClN3O. The van der Waals surface area contributed by atoms with E-state index in [9.17, 15) is 0 Å². The summed E-state index contributed by atoms with van der Waals surface area (Å²) in [5, 5.41) is 4.42. The van der Waals surface area contributed by atoms with Gasteiger partial charge in [0, 0.05) is 12.1 Å². The Morgan fingerprint density at radius 2 is 2.25 bits per heavy atom. The van der Waals surface area contributed by atoms with E-state index in [1.165, 1.54) is 0 Å². The van der Waals surface area contributed by atoms with Gasteiger partial charge in [-0.05, 0) is 24.6 Å². The summed E-state index contributed by atoms with van der Waals surface area (Å²) in [6.45, 7) is 2.06. The van der Waals surface area contributed by atoms with E-state index in [1.807, 2.05) is 0 Å². The first kappa shape index (κ1) is 11.0. The lowest BCUT2D eigenvalue weighted by atomic mass is 10.2. The number of halogens is 1. The zero-order valence-electron chi connectivity index (χ0n) is 8.90. The number of nitrogens with two attached hydrogens (primary N) is 1. The fourth-order valence-electron chi connectivity index (χ4n) is 1.40. The van der Waals surface area contributed by atoms with Gasteiger partial charge >= 0.3 is 0 Å². The summed E-state index contributed by atoms with van der Waals surface area (Å²) in [6.07, 6.45) is 1.77. The Bertz CT molecular complexity index is 496. The second kappa shape index (κ2) is 4.53. The van der Waals surface area contributed by atoms with Gasteiger partial charge in [0.25, 0.3) is 5.89 Å². The van der Waals surface area contributed by atoms with Crippen molar-refractivity contribution in [2.24, 2.45) is 0 Å². The summed E-state index contributed by atoms with van der Waals surface area (Å²) in [7, 11) is 0. The molecule has 4 nitrogen and oxygen atoms in total. The van der Waals surface area contributed by atoms with E-state index >= 15 is 0 Å². The largest absolute Gasteiger partial charge is 0.399 e. The number of hydrogen-bond acceptors (Lipinski definition) is 4. The van der Waals surface area contributed by atoms with Crippen LogP contribution >= 0.6 is 11.6 Å². The van der Waals surface area contributed by atoms with E-state index in [4.69, 9.17) is 21.9 Å². The molecule has 0 fully saturated rings. The molecule has 1 aromatic heterocycles. The predicted molar refractivity (Wildman–Crippen MR) is 63.2 cm³/mol. The van der Waals surface area contributed by atoms with Gasteiger partial charge in [0.1, 0.15) is 0 Å². The molecule has 0 aliphatic rings. The van der Waals surface area contributed by atoms with Crippen molar-refractivity contribution in [2.75, 3.05) is 5.73 Å². The average Bonchev–Trinajstić information content (AvgIpc) is 2.71. The number of anilines is 1. The van der Waals surface area contributed by atoms with Crippen molar-refractivity contribution < 1.29 is 4.52 Å². The number of aromatic nitrogens is 2. The Morgan fingerprint density at radius 1 is 1.44 bits per heavy atom. The van der Waals surface area contributed by atoms with Crippen LogP contribution in [0.1, 0.15) is 19.2 Å². The molecule has 2 rings (SSSR count). The molecule has 0 saturated heterocycles. The quantitative estimate of drug-likeness (QED) is 0.834. The molecule has 1 heterocycles. The summed E-state index contributed by atoms with van der Waals surface area (Å²) in [5.74, 6) is 1.11. The van der Waals surface area contributed by atoms with Crippen molar-refractivity contribution in [1.82, 2.24) is 10.1 Å². The minimum Gasteiger partial charge on any atom is -0.399 e. The molecule has 0 aliphatic carbocycles. The molecule has 2 aromatic rings. The highest BCUT2D eigenvalue weighted by Gasteiger charge is 2.11. The second-order valence-electron chi connectivity index (χ2n) is 3.51. The van der Waals surface area contributed by atoms with Crippen LogP contribution in [0.5, 0.6) is 0 Å². The summed E-state index contributed by atoms with van der Waals surface area (Å²) < 4.78 is 5.14. The summed E-state index contributed by atoms with van der Waals surface area (Å²) in [6, 6.07) is 5.18. The Hall–Kier alpha value is -1.55. The molecule has 16 heavy (non-hydrogen) atoms. The first-order valence-electron chi connectivity index (χ1n) is 5.08. The predicted octanol–water partition coefficient (Wildman–Crippen LogP) is 2.92. The fourth-order valence-corrected chi connectivity index (χ4v) is 1.59. The molecule has 0 bridgehead atoms. The van der Waals surface area contributed by atoms with Crippen molar-refractivity contribution >= 4 is 17.3 Å². The lowest BCUT2D eigenvalue weighted by Gasteiger charge is -1.99. The number of nitrogen functional groups attached to an aromatic ring is 1. The minimum absolute atomic E-state index is 0.417. The maximum absolute atomic E-state index is 6.03. The number of benzene rings is 1. The zero-order chi connectivity index (χ0) is 11.5.